The van der Waals surface area contributed by atoms with Crippen molar-refractivity contribution in [3.05, 3.63) is 18.0 Å². The van der Waals surface area contributed by atoms with Gasteiger partial charge in [-0.15, -0.1) is 0 Å². The molecule has 0 saturated carbocycles. The smallest absolute Gasteiger partial charge is 0.246 e. The highest BCUT2D eigenvalue weighted by molar-refractivity contribution is 5.96. The van der Waals surface area contributed by atoms with Crippen molar-refractivity contribution in [3.63, 3.8) is 0 Å². The Kier molecular flexibility index (Phi) is 4.65. The Morgan fingerprint density at radius 3 is 2.67 bits per heavy atom. The van der Waals surface area contributed by atoms with Crippen LogP contribution in [0.25, 0.3) is 0 Å². The molecule has 1 aliphatic rings. The number of carbonyl (C=O) groups is 2. The summed E-state index contributed by atoms with van der Waals surface area (Å²) >= 11 is 0. The van der Waals surface area contributed by atoms with Crippen molar-refractivity contribution in [2.24, 2.45) is 0 Å². The predicted molar refractivity (Wildman–Crippen MR) is 79.5 cm³/mol. The number of nitrogens with one attached hydrogen (secondary N) is 1. The minimum atomic E-state index is -0.449. The van der Waals surface area contributed by atoms with Gasteiger partial charge >= 0.3 is 0 Å². The zero-order valence-corrected chi connectivity index (χ0v) is 13.2. The fourth-order valence-corrected chi connectivity index (χ4v) is 2.51. The van der Waals surface area contributed by atoms with Crippen LogP contribution in [0.2, 0.25) is 0 Å². The molecule has 1 aromatic heterocycles. The Balaban J connectivity index is 2.14. The summed E-state index contributed by atoms with van der Waals surface area (Å²) in [5, 5.41) is 7.26. The first-order valence-electron chi connectivity index (χ1n) is 7.59. The van der Waals surface area contributed by atoms with E-state index in [9.17, 15) is 9.59 Å². The van der Waals surface area contributed by atoms with E-state index < -0.39 is 12.1 Å². The summed E-state index contributed by atoms with van der Waals surface area (Å²) in [6.07, 6.45) is 3.44. The second-order valence-corrected chi connectivity index (χ2v) is 5.87. The molecular formula is C15H24N4O2. The molecule has 0 aliphatic carbocycles. The Morgan fingerprint density at radius 1 is 1.38 bits per heavy atom. The molecule has 21 heavy (non-hydrogen) atoms. The molecule has 6 nitrogen and oxygen atoms in total. The molecule has 2 unspecified atom stereocenters. The largest absolute Gasteiger partial charge is 0.343 e. The first kappa shape index (κ1) is 15.5. The number of piperazine rings is 1. The summed E-state index contributed by atoms with van der Waals surface area (Å²) in [5.74, 6) is -0.0978. The first-order valence-corrected chi connectivity index (χ1v) is 7.59. The Bertz CT molecular complexity index is 523. The van der Waals surface area contributed by atoms with Crippen molar-refractivity contribution in [2.45, 2.75) is 65.2 Å². The van der Waals surface area contributed by atoms with Gasteiger partial charge in [-0.2, -0.15) is 5.10 Å². The molecule has 116 valence electrons. The SMILES string of the molecule is CCCC1NC(=O)C(C)N(Cc2ccn(C(C)C)n2)C1=O. The van der Waals surface area contributed by atoms with Gasteiger partial charge in [-0.1, -0.05) is 13.3 Å². The third-order valence-corrected chi connectivity index (χ3v) is 3.85. The van der Waals surface area contributed by atoms with Gasteiger partial charge in [-0.25, -0.2) is 0 Å². The van der Waals surface area contributed by atoms with Gasteiger partial charge < -0.3 is 10.2 Å². The van der Waals surface area contributed by atoms with E-state index in [4.69, 9.17) is 0 Å². The van der Waals surface area contributed by atoms with Crippen molar-refractivity contribution < 1.29 is 9.59 Å². The number of hydrogen-bond donors (Lipinski definition) is 1. The Morgan fingerprint density at radius 2 is 2.10 bits per heavy atom. The number of rotatable bonds is 5. The molecule has 2 atom stereocenters. The first-order chi connectivity index (χ1) is 9.93. The van der Waals surface area contributed by atoms with Crippen LogP contribution in [0.15, 0.2) is 12.3 Å². The molecule has 0 radical (unpaired) electrons. The lowest BCUT2D eigenvalue weighted by Crippen LogP contribution is -2.61. The van der Waals surface area contributed by atoms with E-state index in [-0.39, 0.29) is 17.9 Å². The molecule has 2 rings (SSSR count). The van der Waals surface area contributed by atoms with E-state index in [1.807, 2.05) is 23.9 Å². The summed E-state index contributed by atoms with van der Waals surface area (Å²) in [6.45, 7) is 8.25. The fraction of sp³-hybridized carbons (Fsp3) is 0.667. The van der Waals surface area contributed by atoms with E-state index in [1.54, 1.807) is 11.8 Å². The van der Waals surface area contributed by atoms with Crippen LogP contribution in [0.1, 0.15) is 52.3 Å². The number of nitrogens with zero attached hydrogens (tertiary/aromatic N) is 3. The highest BCUT2D eigenvalue weighted by Gasteiger charge is 2.37. The van der Waals surface area contributed by atoms with Gasteiger partial charge in [0.2, 0.25) is 11.8 Å². The van der Waals surface area contributed by atoms with Crippen LogP contribution in [0, 0.1) is 0 Å². The molecule has 1 N–H and O–H groups in total. The van der Waals surface area contributed by atoms with Crippen molar-refractivity contribution in [1.82, 2.24) is 20.0 Å². The van der Waals surface area contributed by atoms with Gasteiger partial charge in [0.05, 0.1) is 12.2 Å². The summed E-state index contributed by atoms with van der Waals surface area (Å²) in [4.78, 5) is 26.1. The van der Waals surface area contributed by atoms with Crippen molar-refractivity contribution in [2.75, 3.05) is 0 Å². The summed E-state index contributed by atoms with van der Waals surface area (Å²) in [5.41, 5.74) is 0.814. The minimum Gasteiger partial charge on any atom is -0.343 e. The molecular weight excluding hydrogens is 268 g/mol. The number of hydrogen-bond acceptors (Lipinski definition) is 3. The average molecular weight is 292 g/mol. The predicted octanol–water partition coefficient (Wildman–Crippen LogP) is 1.48. The zero-order valence-electron chi connectivity index (χ0n) is 13.2. The second-order valence-electron chi connectivity index (χ2n) is 5.87. The van der Waals surface area contributed by atoms with Crippen LogP contribution in [-0.2, 0) is 16.1 Å². The van der Waals surface area contributed by atoms with Crippen LogP contribution >= 0.6 is 0 Å². The normalized spacial score (nSPS) is 22.8. The number of carbonyl (C=O) groups excluding carboxylic acids is 2. The van der Waals surface area contributed by atoms with Crippen LogP contribution in [0.5, 0.6) is 0 Å². The Labute approximate surface area is 125 Å². The van der Waals surface area contributed by atoms with Crippen LogP contribution in [0.3, 0.4) is 0 Å². The van der Waals surface area contributed by atoms with E-state index in [1.165, 1.54) is 0 Å². The molecule has 2 amide bonds. The summed E-state index contributed by atoms with van der Waals surface area (Å²) in [6, 6.07) is 1.34. The monoisotopic (exact) mass is 292 g/mol. The van der Waals surface area contributed by atoms with Crippen LogP contribution < -0.4 is 5.32 Å². The molecule has 6 heteroatoms. The molecule has 0 aromatic carbocycles. The maximum absolute atomic E-state index is 12.5. The molecule has 0 bridgehead atoms. The Hall–Kier alpha value is -1.85. The molecule has 0 spiro atoms. The van der Waals surface area contributed by atoms with Gasteiger partial charge in [0.1, 0.15) is 12.1 Å². The number of amides is 2. The van der Waals surface area contributed by atoms with Gasteiger partial charge in [0.25, 0.3) is 0 Å². The molecule has 2 heterocycles. The lowest BCUT2D eigenvalue weighted by Gasteiger charge is -2.37. The lowest BCUT2D eigenvalue weighted by molar-refractivity contribution is -0.149. The van der Waals surface area contributed by atoms with Gasteiger partial charge in [0.15, 0.2) is 0 Å². The highest BCUT2D eigenvalue weighted by atomic mass is 16.2. The topological polar surface area (TPSA) is 67.2 Å². The maximum atomic E-state index is 12.5. The highest BCUT2D eigenvalue weighted by Crippen LogP contribution is 2.16. The van der Waals surface area contributed by atoms with Gasteiger partial charge in [-0.3, -0.25) is 14.3 Å². The second kappa shape index (κ2) is 6.28. The van der Waals surface area contributed by atoms with E-state index in [2.05, 4.69) is 24.3 Å². The molecule has 1 fully saturated rings. The third-order valence-electron chi connectivity index (χ3n) is 3.85. The lowest BCUT2D eigenvalue weighted by atomic mass is 10.0. The van der Waals surface area contributed by atoms with Crippen LogP contribution in [0.4, 0.5) is 0 Å². The molecule has 1 aromatic rings. The van der Waals surface area contributed by atoms with E-state index in [0.29, 0.717) is 13.0 Å². The van der Waals surface area contributed by atoms with Crippen LogP contribution in [-0.4, -0.2) is 38.6 Å². The fourth-order valence-electron chi connectivity index (χ4n) is 2.51. The summed E-state index contributed by atoms with van der Waals surface area (Å²) in [7, 11) is 0. The molecule has 1 aliphatic heterocycles. The molecule has 1 saturated heterocycles. The van der Waals surface area contributed by atoms with Gasteiger partial charge in [-0.05, 0) is 33.3 Å². The van der Waals surface area contributed by atoms with Gasteiger partial charge in [0, 0.05) is 12.2 Å². The zero-order chi connectivity index (χ0) is 15.6. The number of aromatic nitrogens is 2. The van der Waals surface area contributed by atoms with Crippen molar-refractivity contribution in [1.29, 1.82) is 0 Å². The standard InChI is InChI=1S/C15H24N4O2/c1-5-6-13-15(21)18(11(4)14(20)16-13)9-12-7-8-19(17-12)10(2)3/h7-8,10-11,13H,5-6,9H2,1-4H3,(H,16,20). The average Bonchev–Trinajstić information content (AvgIpc) is 2.90. The minimum absolute atomic E-state index is 0.0111. The summed E-state index contributed by atoms with van der Waals surface area (Å²) < 4.78 is 1.86. The maximum Gasteiger partial charge on any atom is 0.246 e. The van der Waals surface area contributed by atoms with E-state index in [0.717, 1.165) is 12.1 Å². The quantitative estimate of drug-likeness (QED) is 0.894. The van der Waals surface area contributed by atoms with Crippen molar-refractivity contribution >= 4 is 11.8 Å². The van der Waals surface area contributed by atoms with Crippen molar-refractivity contribution in [3.8, 4) is 0 Å². The third kappa shape index (κ3) is 3.25. The van der Waals surface area contributed by atoms with E-state index >= 15 is 0 Å².